The van der Waals surface area contributed by atoms with E-state index in [2.05, 4.69) is 27.2 Å². The van der Waals surface area contributed by atoms with Crippen molar-refractivity contribution in [1.82, 2.24) is 19.5 Å². The predicted molar refractivity (Wildman–Crippen MR) is 82.0 cm³/mol. The zero-order valence-corrected chi connectivity index (χ0v) is 12.3. The van der Waals surface area contributed by atoms with Crippen molar-refractivity contribution in [3.63, 3.8) is 0 Å². The molecule has 0 aliphatic carbocycles. The lowest BCUT2D eigenvalue weighted by atomic mass is 10.2. The average molecular weight is 283 g/mol. The molecule has 0 aliphatic rings. The number of nitrogens with one attached hydrogen (secondary N) is 1. The van der Waals surface area contributed by atoms with Gasteiger partial charge in [-0.1, -0.05) is 0 Å². The Balaban J connectivity index is 2.00. The molecule has 0 fully saturated rings. The first-order valence-corrected chi connectivity index (χ1v) is 6.80. The first-order valence-electron chi connectivity index (χ1n) is 6.80. The van der Waals surface area contributed by atoms with E-state index in [0.29, 0.717) is 5.82 Å². The van der Waals surface area contributed by atoms with Crippen LogP contribution < -0.4 is 10.1 Å². The van der Waals surface area contributed by atoms with Crippen LogP contribution in [0.15, 0.2) is 30.9 Å². The number of rotatable bonds is 4. The van der Waals surface area contributed by atoms with Crippen LogP contribution in [-0.4, -0.2) is 26.6 Å². The summed E-state index contributed by atoms with van der Waals surface area (Å²) in [6, 6.07) is 5.86. The molecule has 3 aromatic rings. The number of hydrogen-bond acceptors (Lipinski definition) is 5. The molecule has 21 heavy (non-hydrogen) atoms. The Morgan fingerprint density at radius 2 is 2.10 bits per heavy atom. The minimum Gasteiger partial charge on any atom is -0.497 e. The third-order valence-corrected chi connectivity index (χ3v) is 3.43. The number of anilines is 2. The van der Waals surface area contributed by atoms with Crippen LogP contribution in [0.4, 0.5) is 11.5 Å². The van der Waals surface area contributed by atoms with Crippen LogP contribution in [0.5, 0.6) is 5.75 Å². The lowest BCUT2D eigenvalue weighted by Crippen LogP contribution is -1.99. The number of methoxy groups -OCH3 is 1. The maximum atomic E-state index is 5.22. The Morgan fingerprint density at radius 1 is 1.24 bits per heavy atom. The molecule has 1 N–H and O–H groups in total. The third-order valence-electron chi connectivity index (χ3n) is 3.43. The van der Waals surface area contributed by atoms with Gasteiger partial charge in [0.05, 0.1) is 13.4 Å². The quantitative estimate of drug-likeness (QED) is 0.797. The molecule has 0 saturated carbocycles. The van der Waals surface area contributed by atoms with E-state index in [-0.39, 0.29) is 0 Å². The van der Waals surface area contributed by atoms with Gasteiger partial charge in [0.25, 0.3) is 0 Å². The minimum atomic E-state index is 0.709. The van der Waals surface area contributed by atoms with Crippen molar-refractivity contribution in [2.75, 3.05) is 12.4 Å². The molecule has 0 radical (unpaired) electrons. The van der Waals surface area contributed by atoms with E-state index in [4.69, 9.17) is 4.74 Å². The molecular weight excluding hydrogens is 266 g/mol. The molecule has 1 aromatic carbocycles. The third kappa shape index (κ3) is 2.40. The topological polar surface area (TPSA) is 64.9 Å². The van der Waals surface area contributed by atoms with Crippen molar-refractivity contribution in [2.24, 2.45) is 0 Å². The summed E-state index contributed by atoms with van der Waals surface area (Å²) in [4.78, 5) is 13.0. The molecular formula is C15H17N5O. The Labute approximate surface area is 122 Å². The molecule has 0 atom stereocenters. The molecule has 3 rings (SSSR count). The number of hydrogen-bond donors (Lipinski definition) is 1. The Hall–Kier alpha value is -2.63. The van der Waals surface area contributed by atoms with E-state index in [1.54, 1.807) is 19.8 Å². The highest BCUT2D eigenvalue weighted by molar-refractivity contribution is 5.85. The lowest BCUT2D eigenvalue weighted by Gasteiger charge is -2.10. The second kappa shape index (κ2) is 5.40. The van der Waals surface area contributed by atoms with E-state index >= 15 is 0 Å². The minimum absolute atomic E-state index is 0.709. The van der Waals surface area contributed by atoms with Crippen LogP contribution in [0, 0.1) is 6.92 Å². The van der Waals surface area contributed by atoms with Gasteiger partial charge in [0.2, 0.25) is 0 Å². The van der Waals surface area contributed by atoms with Gasteiger partial charge < -0.3 is 14.6 Å². The number of fused-ring (bicyclic) bond motifs is 1. The number of nitrogens with zero attached hydrogens (tertiary/aromatic N) is 4. The van der Waals surface area contributed by atoms with Gasteiger partial charge >= 0.3 is 0 Å². The van der Waals surface area contributed by atoms with Crippen LogP contribution in [0.1, 0.15) is 12.5 Å². The highest BCUT2D eigenvalue weighted by Gasteiger charge is 2.10. The van der Waals surface area contributed by atoms with Crippen LogP contribution in [0.25, 0.3) is 11.2 Å². The largest absolute Gasteiger partial charge is 0.497 e. The molecule has 6 nitrogen and oxygen atoms in total. The van der Waals surface area contributed by atoms with Crippen LogP contribution >= 0.6 is 0 Å². The summed E-state index contributed by atoms with van der Waals surface area (Å²) in [5.41, 5.74) is 3.66. The average Bonchev–Trinajstić information content (AvgIpc) is 2.93. The van der Waals surface area contributed by atoms with Gasteiger partial charge in [-0.3, -0.25) is 0 Å². The summed E-state index contributed by atoms with van der Waals surface area (Å²) in [5.74, 6) is 1.54. The SMILES string of the molecule is CCn1cnc2c(Nc3ccc(OC)cc3C)ncnc21. The van der Waals surface area contributed by atoms with E-state index in [1.165, 1.54) is 0 Å². The number of ether oxygens (including phenoxy) is 1. The summed E-state index contributed by atoms with van der Waals surface area (Å²) in [7, 11) is 1.66. The first-order chi connectivity index (χ1) is 10.2. The van der Waals surface area contributed by atoms with Crippen molar-refractivity contribution in [1.29, 1.82) is 0 Å². The fourth-order valence-corrected chi connectivity index (χ4v) is 2.23. The van der Waals surface area contributed by atoms with Gasteiger partial charge in [0.15, 0.2) is 17.0 Å². The zero-order chi connectivity index (χ0) is 14.8. The van der Waals surface area contributed by atoms with Crippen LogP contribution in [0.2, 0.25) is 0 Å². The molecule has 0 aliphatic heterocycles. The van der Waals surface area contributed by atoms with Crippen molar-refractivity contribution in [3.8, 4) is 5.75 Å². The maximum absolute atomic E-state index is 5.22. The van der Waals surface area contributed by atoms with E-state index < -0.39 is 0 Å². The van der Waals surface area contributed by atoms with Crippen molar-refractivity contribution in [3.05, 3.63) is 36.4 Å². The van der Waals surface area contributed by atoms with Crippen molar-refractivity contribution in [2.45, 2.75) is 20.4 Å². The summed E-state index contributed by atoms with van der Waals surface area (Å²) in [5, 5.41) is 3.32. The van der Waals surface area contributed by atoms with Crippen LogP contribution in [0.3, 0.4) is 0 Å². The standard InChI is InChI=1S/C15H17N5O/c1-4-20-9-18-13-14(16-8-17-15(13)20)19-12-6-5-11(21-3)7-10(12)2/h5-9H,4H2,1-3H3,(H,16,17,19). The molecule has 2 heterocycles. The van der Waals surface area contributed by atoms with Gasteiger partial charge in [-0.05, 0) is 37.6 Å². The summed E-state index contributed by atoms with van der Waals surface area (Å²) < 4.78 is 7.21. The molecule has 0 amide bonds. The Morgan fingerprint density at radius 3 is 2.81 bits per heavy atom. The summed E-state index contributed by atoms with van der Waals surface area (Å²) in [6.45, 7) is 4.91. The van der Waals surface area contributed by atoms with Crippen molar-refractivity contribution >= 4 is 22.7 Å². The monoisotopic (exact) mass is 283 g/mol. The van der Waals surface area contributed by atoms with Gasteiger partial charge in [-0.15, -0.1) is 0 Å². The number of imidazole rings is 1. The zero-order valence-electron chi connectivity index (χ0n) is 12.3. The number of aromatic nitrogens is 4. The summed E-state index contributed by atoms with van der Waals surface area (Å²) in [6.07, 6.45) is 3.34. The van der Waals surface area contributed by atoms with Gasteiger partial charge in [-0.2, -0.15) is 0 Å². The second-order valence-corrected chi connectivity index (χ2v) is 4.73. The fraction of sp³-hybridized carbons (Fsp3) is 0.267. The highest BCUT2D eigenvalue weighted by Crippen LogP contribution is 2.26. The fourth-order valence-electron chi connectivity index (χ4n) is 2.23. The van der Waals surface area contributed by atoms with Crippen LogP contribution in [-0.2, 0) is 6.54 Å². The maximum Gasteiger partial charge on any atom is 0.165 e. The number of benzene rings is 1. The Kier molecular flexibility index (Phi) is 3.43. The molecule has 0 saturated heterocycles. The second-order valence-electron chi connectivity index (χ2n) is 4.73. The Bertz CT molecular complexity index is 781. The van der Waals surface area contributed by atoms with E-state index in [9.17, 15) is 0 Å². The molecule has 6 heteroatoms. The van der Waals surface area contributed by atoms with Crippen molar-refractivity contribution < 1.29 is 4.74 Å². The number of aryl methyl sites for hydroxylation is 2. The molecule has 0 unspecified atom stereocenters. The van der Waals surface area contributed by atoms with Gasteiger partial charge in [-0.25, -0.2) is 15.0 Å². The predicted octanol–water partition coefficient (Wildman–Crippen LogP) is 2.91. The highest BCUT2D eigenvalue weighted by atomic mass is 16.5. The normalized spacial score (nSPS) is 10.8. The molecule has 2 aromatic heterocycles. The molecule has 0 spiro atoms. The molecule has 108 valence electrons. The van der Waals surface area contributed by atoms with Gasteiger partial charge in [0.1, 0.15) is 12.1 Å². The van der Waals surface area contributed by atoms with E-state index in [1.807, 2.05) is 29.7 Å². The van der Waals surface area contributed by atoms with Gasteiger partial charge in [0, 0.05) is 12.2 Å². The summed E-state index contributed by atoms with van der Waals surface area (Å²) >= 11 is 0. The lowest BCUT2D eigenvalue weighted by molar-refractivity contribution is 0.414. The smallest absolute Gasteiger partial charge is 0.165 e. The van der Waals surface area contributed by atoms with E-state index in [0.717, 1.165) is 34.7 Å². The first kappa shape index (κ1) is 13.4. The molecule has 0 bridgehead atoms.